The summed E-state index contributed by atoms with van der Waals surface area (Å²) in [5.74, 6) is 0.453. The van der Waals surface area contributed by atoms with Crippen LogP contribution >= 0.6 is 0 Å². The molecule has 1 saturated heterocycles. The molecular weight excluding hydrogens is 150 g/mol. The lowest BCUT2D eigenvalue weighted by molar-refractivity contribution is -0.933. The summed E-state index contributed by atoms with van der Waals surface area (Å²) in [6.45, 7) is 6.68. The van der Waals surface area contributed by atoms with Gasteiger partial charge in [-0.2, -0.15) is 0 Å². The van der Waals surface area contributed by atoms with E-state index in [1.54, 1.807) is 0 Å². The fraction of sp³-hybridized carbons (Fsp3) is 0.900. The molecule has 70 valence electrons. The number of carbonyl (C=O) groups is 1. The van der Waals surface area contributed by atoms with Crippen molar-refractivity contribution in [1.29, 1.82) is 0 Å². The Balaban J connectivity index is 2.59. The molecule has 0 saturated carbocycles. The van der Waals surface area contributed by atoms with E-state index in [-0.39, 0.29) is 0 Å². The minimum Gasteiger partial charge on any atom is -0.323 e. The maximum absolute atomic E-state index is 11.2. The standard InChI is InChI=1S/C10H20NO/c1-4-6-11(3)7-5-10(12)8-9(11)2/h9H,4-8H2,1-3H3/q+1. The van der Waals surface area contributed by atoms with E-state index >= 15 is 0 Å². The Hall–Kier alpha value is -0.370. The Morgan fingerprint density at radius 2 is 2.25 bits per heavy atom. The second-order valence-corrected chi connectivity index (χ2v) is 4.27. The number of nitrogens with zero attached hydrogens (tertiary/aromatic N) is 1. The van der Waals surface area contributed by atoms with Gasteiger partial charge < -0.3 is 4.48 Å². The first kappa shape index (κ1) is 9.72. The van der Waals surface area contributed by atoms with E-state index in [1.807, 2.05) is 0 Å². The zero-order valence-corrected chi connectivity index (χ0v) is 8.47. The molecule has 1 heterocycles. The Labute approximate surface area is 75.1 Å². The predicted molar refractivity (Wildman–Crippen MR) is 49.9 cm³/mol. The van der Waals surface area contributed by atoms with Crippen molar-refractivity contribution in [3.05, 3.63) is 0 Å². The molecule has 2 nitrogen and oxygen atoms in total. The molecule has 0 bridgehead atoms. The van der Waals surface area contributed by atoms with Crippen LogP contribution in [0.3, 0.4) is 0 Å². The van der Waals surface area contributed by atoms with Crippen molar-refractivity contribution in [2.45, 2.75) is 39.2 Å². The second-order valence-electron chi connectivity index (χ2n) is 4.27. The van der Waals surface area contributed by atoms with Crippen LogP contribution in [0, 0.1) is 0 Å². The van der Waals surface area contributed by atoms with E-state index in [1.165, 1.54) is 13.0 Å². The molecule has 0 N–H and O–H groups in total. The summed E-state index contributed by atoms with van der Waals surface area (Å²) in [5, 5.41) is 0. The lowest BCUT2D eigenvalue weighted by Crippen LogP contribution is -2.56. The average molecular weight is 170 g/mol. The molecule has 1 aliphatic rings. The summed E-state index contributed by atoms with van der Waals surface area (Å²) in [6, 6.07) is 0.534. The molecule has 2 atom stereocenters. The summed E-state index contributed by atoms with van der Waals surface area (Å²) >= 11 is 0. The summed E-state index contributed by atoms with van der Waals surface area (Å²) in [7, 11) is 2.28. The molecule has 0 aliphatic carbocycles. The van der Waals surface area contributed by atoms with Crippen molar-refractivity contribution in [2.75, 3.05) is 20.1 Å². The molecule has 12 heavy (non-hydrogen) atoms. The van der Waals surface area contributed by atoms with Gasteiger partial charge in [-0.15, -0.1) is 0 Å². The number of carbonyl (C=O) groups excluding carboxylic acids is 1. The maximum Gasteiger partial charge on any atom is 0.144 e. The number of rotatable bonds is 2. The number of Topliss-reactive ketones (excluding diaryl/α,β-unsaturated/α-hetero) is 1. The van der Waals surface area contributed by atoms with E-state index in [0.717, 1.165) is 23.9 Å². The van der Waals surface area contributed by atoms with Gasteiger partial charge in [0, 0.05) is 0 Å². The predicted octanol–water partition coefficient (Wildman–Crippen LogP) is 1.59. The van der Waals surface area contributed by atoms with E-state index in [0.29, 0.717) is 11.8 Å². The van der Waals surface area contributed by atoms with Gasteiger partial charge in [0.2, 0.25) is 0 Å². The summed E-state index contributed by atoms with van der Waals surface area (Å²) < 4.78 is 1.10. The zero-order valence-electron chi connectivity index (χ0n) is 8.47. The third-order valence-corrected chi connectivity index (χ3v) is 3.22. The number of likely N-dealkylation sites (tertiary alicyclic amines) is 1. The average Bonchev–Trinajstić information content (AvgIpc) is 1.99. The number of piperidine rings is 1. The first-order valence-electron chi connectivity index (χ1n) is 4.94. The lowest BCUT2D eigenvalue weighted by Gasteiger charge is -2.42. The van der Waals surface area contributed by atoms with Gasteiger partial charge in [-0.25, -0.2) is 0 Å². The molecule has 0 aromatic heterocycles. The fourth-order valence-corrected chi connectivity index (χ4v) is 2.10. The van der Waals surface area contributed by atoms with Crippen LogP contribution < -0.4 is 0 Å². The Morgan fingerprint density at radius 3 is 2.75 bits per heavy atom. The molecule has 1 fully saturated rings. The Kier molecular flexibility index (Phi) is 2.89. The third kappa shape index (κ3) is 1.86. The highest BCUT2D eigenvalue weighted by molar-refractivity contribution is 5.79. The summed E-state index contributed by atoms with van der Waals surface area (Å²) in [6.07, 6.45) is 2.80. The SMILES string of the molecule is CCC[N+]1(C)CCC(=O)CC1C. The smallest absolute Gasteiger partial charge is 0.144 e. The van der Waals surface area contributed by atoms with Gasteiger partial charge >= 0.3 is 0 Å². The van der Waals surface area contributed by atoms with Crippen LogP contribution in [0.1, 0.15) is 33.1 Å². The number of hydrogen-bond donors (Lipinski definition) is 0. The van der Waals surface area contributed by atoms with E-state index < -0.39 is 0 Å². The van der Waals surface area contributed by atoms with Crippen molar-refractivity contribution in [2.24, 2.45) is 0 Å². The number of quaternary nitrogens is 1. The normalized spacial score (nSPS) is 36.9. The van der Waals surface area contributed by atoms with Gasteiger partial charge in [0.1, 0.15) is 5.78 Å². The quantitative estimate of drug-likeness (QED) is 0.575. The molecule has 2 unspecified atom stereocenters. The topological polar surface area (TPSA) is 17.1 Å². The molecule has 1 aliphatic heterocycles. The van der Waals surface area contributed by atoms with Crippen LogP contribution in [0.5, 0.6) is 0 Å². The van der Waals surface area contributed by atoms with Gasteiger partial charge in [0.15, 0.2) is 0 Å². The van der Waals surface area contributed by atoms with Crippen LogP contribution in [0.25, 0.3) is 0 Å². The maximum atomic E-state index is 11.2. The van der Waals surface area contributed by atoms with Crippen LogP contribution in [0.4, 0.5) is 0 Å². The molecule has 0 amide bonds. The van der Waals surface area contributed by atoms with Gasteiger partial charge in [-0.05, 0) is 13.3 Å². The van der Waals surface area contributed by atoms with E-state index in [2.05, 4.69) is 20.9 Å². The lowest BCUT2D eigenvalue weighted by atomic mass is 9.99. The minimum atomic E-state index is 0.453. The molecule has 0 radical (unpaired) electrons. The van der Waals surface area contributed by atoms with Crippen molar-refractivity contribution in [1.82, 2.24) is 0 Å². The van der Waals surface area contributed by atoms with E-state index in [4.69, 9.17) is 0 Å². The van der Waals surface area contributed by atoms with Crippen LogP contribution in [-0.4, -0.2) is 36.4 Å². The number of hydrogen-bond acceptors (Lipinski definition) is 1. The molecule has 0 spiro atoms. The highest BCUT2D eigenvalue weighted by atomic mass is 16.1. The first-order chi connectivity index (χ1) is 5.58. The van der Waals surface area contributed by atoms with Crippen molar-refractivity contribution in [3.8, 4) is 0 Å². The number of ketones is 1. The molecule has 0 aromatic rings. The first-order valence-corrected chi connectivity index (χ1v) is 4.94. The monoisotopic (exact) mass is 170 g/mol. The highest BCUT2D eigenvalue weighted by Gasteiger charge is 2.34. The zero-order chi connectivity index (χ0) is 9.19. The second kappa shape index (κ2) is 3.56. The minimum absolute atomic E-state index is 0.453. The molecule has 1 rings (SSSR count). The summed E-state index contributed by atoms with van der Waals surface area (Å²) in [5.41, 5.74) is 0. The van der Waals surface area contributed by atoms with Gasteiger partial charge in [-0.1, -0.05) is 6.92 Å². The van der Waals surface area contributed by atoms with Gasteiger partial charge in [0.05, 0.1) is 39.0 Å². The Bertz CT molecular complexity index is 179. The Morgan fingerprint density at radius 1 is 1.58 bits per heavy atom. The van der Waals surface area contributed by atoms with Crippen LogP contribution in [-0.2, 0) is 4.79 Å². The highest BCUT2D eigenvalue weighted by Crippen LogP contribution is 2.21. The molecule has 2 heteroatoms. The molecular formula is C10H20NO+. The van der Waals surface area contributed by atoms with Gasteiger partial charge in [-0.3, -0.25) is 4.79 Å². The third-order valence-electron chi connectivity index (χ3n) is 3.22. The van der Waals surface area contributed by atoms with Crippen LogP contribution in [0.2, 0.25) is 0 Å². The van der Waals surface area contributed by atoms with Gasteiger partial charge in [0.25, 0.3) is 0 Å². The van der Waals surface area contributed by atoms with Crippen LogP contribution in [0.15, 0.2) is 0 Å². The van der Waals surface area contributed by atoms with E-state index in [9.17, 15) is 4.79 Å². The fourth-order valence-electron chi connectivity index (χ4n) is 2.10. The summed E-state index contributed by atoms with van der Waals surface area (Å²) in [4.78, 5) is 11.2. The van der Waals surface area contributed by atoms with Crippen molar-refractivity contribution >= 4 is 5.78 Å². The van der Waals surface area contributed by atoms with Crippen molar-refractivity contribution in [3.63, 3.8) is 0 Å². The molecule has 0 aromatic carbocycles. The largest absolute Gasteiger partial charge is 0.323 e. The van der Waals surface area contributed by atoms with Crippen molar-refractivity contribution < 1.29 is 9.28 Å².